The molecular weight excluding hydrogens is 228 g/mol. The normalized spacial score (nSPS) is 17.4. The molecule has 1 N–H and O–H groups in total. The summed E-state index contributed by atoms with van der Waals surface area (Å²) in [5.41, 5.74) is 1.35. The first kappa shape index (κ1) is 12.4. The lowest BCUT2D eigenvalue weighted by Gasteiger charge is -2.14. The van der Waals surface area contributed by atoms with Crippen LogP contribution in [-0.2, 0) is 4.79 Å². The van der Waals surface area contributed by atoms with Gasteiger partial charge in [-0.2, -0.15) is 0 Å². The van der Waals surface area contributed by atoms with Gasteiger partial charge >= 0.3 is 6.03 Å². The van der Waals surface area contributed by atoms with Crippen molar-refractivity contribution in [2.75, 3.05) is 6.54 Å². The average Bonchev–Trinajstić information content (AvgIpc) is 2.63. The summed E-state index contributed by atoms with van der Waals surface area (Å²) in [6.45, 7) is 2.63. The molecule has 0 aromatic heterocycles. The molecule has 0 saturated carbocycles. The van der Waals surface area contributed by atoms with E-state index < -0.39 is 0 Å². The van der Waals surface area contributed by atoms with Crippen LogP contribution in [0.25, 0.3) is 6.08 Å². The second-order valence-corrected chi connectivity index (χ2v) is 4.20. The van der Waals surface area contributed by atoms with Gasteiger partial charge in [-0.1, -0.05) is 43.7 Å². The molecule has 1 aromatic rings. The number of carbonyl (C=O) groups excluding carboxylic acids is 2. The third-order valence-corrected chi connectivity index (χ3v) is 2.83. The summed E-state index contributed by atoms with van der Waals surface area (Å²) >= 11 is 0. The minimum atomic E-state index is -0.323. The molecule has 0 aliphatic carbocycles. The van der Waals surface area contributed by atoms with Gasteiger partial charge in [0.25, 0.3) is 5.91 Å². The van der Waals surface area contributed by atoms with Gasteiger partial charge in [0, 0.05) is 6.54 Å². The lowest BCUT2D eigenvalue weighted by Crippen LogP contribution is -2.28. The molecule has 1 aliphatic rings. The maximum Gasteiger partial charge on any atom is 0.329 e. The van der Waals surface area contributed by atoms with E-state index in [1.807, 2.05) is 30.3 Å². The Morgan fingerprint density at radius 2 is 1.94 bits per heavy atom. The fraction of sp³-hybridized carbons (Fsp3) is 0.286. The van der Waals surface area contributed by atoms with Crippen molar-refractivity contribution in [1.29, 1.82) is 0 Å². The van der Waals surface area contributed by atoms with Crippen molar-refractivity contribution in [3.05, 3.63) is 41.6 Å². The van der Waals surface area contributed by atoms with Crippen LogP contribution in [0.15, 0.2) is 36.0 Å². The Kier molecular flexibility index (Phi) is 3.77. The van der Waals surface area contributed by atoms with Crippen LogP contribution in [-0.4, -0.2) is 23.4 Å². The van der Waals surface area contributed by atoms with E-state index >= 15 is 0 Å². The molecule has 4 nitrogen and oxygen atoms in total. The molecule has 0 bridgehead atoms. The summed E-state index contributed by atoms with van der Waals surface area (Å²) in [5.74, 6) is -0.319. The second-order valence-electron chi connectivity index (χ2n) is 4.20. The lowest BCUT2D eigenvalue weighted by atomic mass is 10.2. The number of nitrogens with one attached hydrogen (secondary N) is 1. The Morgan fingerprint density at radius 3 is 2.61 bits per heavy atom. The van der Waals surface area contributed by atoms with Gasteiger partial charge in [-0.05, 0) is 18.1 Å². The summed E-state index contributed by atoms with van der Waals surface area (Å²) in [4.78, 5) is 24.9. The number of imide groups is 1. The maximum absolute atomic E-state index is 11.7. The third-order valence-electron chi connectivity index (χ3n) is 2.83. The van der Waals surface area contributed by atoms with Gasteiger partial charge in [-0.25, -0.2) is 4.79 Å². The predicted octanol–water partition coefficient (Wildman–Crippen LogP) is 2.38. The van der Waals surface area contributed by atoms with Gasteiger partial charge in [-0.15, -0.1) is 0 Å². The van der Waals surface area contributed by atoms with Gasteiger partial charge in [0.05, 0.1) is 0 Å². The Labute approximate surface area is 106 Å². The van der Waals surface area contributed by atoms with E-state index in [4.69, 9.17) is 0 Å². The van der Waals surface area contributed by atoms with E-state index in [1.165, 1.54) is 4.90 Å². The van der Waals surface area contributed by atoms with Crippen molar-refractivity contribution < 1.29 is 9.59 Å². The van der Waals surface area contributed by atoms with Crippen LogP contribution < -0.4 is 5.32 Å². The zero-order valence-corrected chi connectivity index (χ0v) is 10.3. The van der Waals surface area contributed by atoms with Crippen LogP contribution in [0.3, 0.4) is 0 Å². The van der Waals surface area contributed by atoms with Crippen LogP contribution >= 0.6 is 0 Å². The SMILES string of the molecule is CCCCN1C(=O)NC(=O)/C1=C\c1ccccc1. The largest absolute Gasteiger partial charge is 0.329 e. The molecule has 1 aliphatic heterocycles. The number of urea groups is 1. The topological polar surface area (TPSA) is 49.4 Å². The molecule has 0 unspecified atom stereocenters. The second kappa shape index (κ2) is 5.49. The molecule has 94 valence electrons. The maximum atomic E-state index is 11.7. The summed E-state index contributed by atoms with van der Waals surface area (Å²) in [6, 6.07) is 9.20. The number of unbranched alkanes of at least 4 members (excludes halogenated alkanes) is 1. The number of amides is 3. The highest BCUT2D eigenvalue weighted by atomic mass is 16.2. The average molecular weight is 244 g/mol. The number of nitrogens with zero attached hydrogens (tertiary/aromatic N) is 1. The fourth-order valence-electron chi connectivity index (χ4n) is 1.85. The Bertz CT molecular complexity index is 480. The minimum Gasteiger partial charge on any atom is -0.289 e. The van der Waals surface area contributed by atoms with Crippen molar-refractivity contribution in [3.8, 4) is 0 Å². The Hall–Kier alpha value is -2.10. The summed E-state index contributed by atoms with van der Waals surface area (Å²) in [7, 11) is 0. The van der Waals surface area contributed by atoms with Crippen molar-refractivity contribution >= 4 is 18.0 Å². The van der Waals surface area contributed by atoms with Crippen molar-refractivity contribution in [3.63, 3.8) is 0 Å². The number of hydrogen-bond donors (Lipinski definition) is 1. The number of hydrogen-bond acceptors (Lipinski definition) is 2. The number of rotatable bonds is 4. The minimum absolute atomic E-state index is 0.319. The van der Waals surface area contributed by atoms with Crippen LogP contribution in [0.5, 0.6) is 0 Å². The van der Waals surface area contributed by atoms with Gasteiger partial charge in [0.1, 0.15) is 5.70 Å². The number of benzene rings is 1. The van der Waals surface area contributed by atoms with E-state index in [1.54, 1.807) is 6.08 Å². The van der Waals surface area contributed by atoms with Crippen molar-refractivity contribution in [1.82, 2.24) is 10.2 Å². The summed E-state index contributed by atoms with van der Waals surface area (Å²) in [6.07, 6.45) is 3.61. The first-order chi connectivity index (χ1) is 8.72. The lowest BCUT2D eigenvalue weighted by molar-refractivity contribution is -0.116. The summed E-state index contributed by atoms with van der Waals surface area (Å²) in [5, 5.41) is 2.33. The highest BCUT2D eigenvalue weighted by Crippen LogP contribution is 2.17. The van der Waals surface area contributed by atoms with Gasteiger partial charge in [-0.3, -0.25) is 15.0 Å². The molecule has 1 fully saturated rings. The smallest absolute Gasteiger partial charge is 0.289 e. The highest BCUT2D eigenvalue weighted by Gasteiger charge is 2.32. The first-order valence-corrected chi connectivity index (χ1v) is 6.12. The first-order valence-electron chi connectivity index (χ1n) is 6.12. The zero-order chi connectivity index (χ0) is 13.0. The van der Waals surface area contributed by atoms with Crippen molar-refractivity contribution in [2.45, 2.75) is 19.8 Å². The third kappa shape index (κ3) is 2.59. The van der Waals surface area contributed by atoms with E-state index in [-0.39, 0.29) is 11.9 Å². The van der Waals surface area contributed by atoms with E-state index in [2.05, 4.69) is 12.2 Å². The van der Waals surface area contributed by atoms with E-state index in [0.29, 0.717) is 12.2 Å². The Morgan fingerprint density at radius 1 is 1.22 bits per heavy atom. The molecule has 0 radical (unpaired) electrons. The fourth-order valence-corrected chi connectivity index (χ4v) is 1.85. The van der Waals surface area contributed by atoms with Crippen molar-refractivity contribution in [2.24, 2.45) is 0 Å². The predicted molar refractivity (Wildman–Crippen MR) is 69.6 cm³/mol. The Balaban J connectivity index is 2.25. The van der Waals surface area contributed by atoms with Crippen LogP contribution in [0.4, 0.5) is 4.79 Å². The number of carbonyl (C=O) groups is 2. The standard InChI is InChI=1S/C14H16N2O2/c1-2-3-9-16-12(13(17)15-14(16)18)10-11-7-5-4-6-8-11/h4-8,10H,2-3,9H2,1H3,(H,15,17,18)/b12-10+. The van der Waals surface area contributed by atoms with Gasteiger partial charge in [0.15, 0.2) is 0 Å². The molecule has 1 aromatic carbocycles. The highest BCUT2D eigenvalue weighted by molar-refractivity contribution is 6.13. The molecule has 0 spiro atoms. The zero-order valence-electron chi connectivity index (χ0n) is 10.3. The van der Waals surface area contributed by atoms with Crippen LogP contribution in [0, 0.1) is 0 Å². The van der Waals surface area contributed by atoms with E-state index in [0.717, 1.165) is 18.4 Å². The molecular formula is C14H16N2O2. The summed E-state index contributed by atoms with van der Waals surface area (Å²) < 4.78 is 0. The molecule has 1 heterocycles. The molecule has 4 heteroatoms. The monoisotopic (exact) mass is 244 g/mol. The van der Waals surface area contributed by atoms with Crippen LogP contribution in [0.1, 0.15) is 25.3 Å². The quantitative estimate of drug-likeness (QED) is 0.653. The van der Waals surface area contributed by atoms with E-state index in [9.17, 15) is 9.59 Å². The molecule has 0 atom stereocenters. The molecule has 3 amide bonds. The molecule has 1 saturated heterocycles. The van der Waals surface area contributed by atoms with Crippen LogP contribution in [0.2, 0.25) is 0 Å². The molecule has 18 heavy (non-hydrogen) atoms. The van der Waals surface area contributed by atoms with Gasteiger partial charge < -0.3 is 0 Å². The van der Waals surface area contributed by atoms with Gasteiger partial charge in [0.2, 0.25) is 0 Å². The molecule has 2 rings (SSSR count).